The largest absolute Gasteiger partial charge is 0.461 e. The van der Waals surface area contributed by atoms with Crippen molar-refractivity contribution in [2.45, 2.75) is 39.7 Å². The first kappa shape index (κ1) is 22.8. The van der Waals surface area contributed by atoms with Crippen LogP contribution in [0.5, 0.6) is 0 Å². The van der Waals surface area contributed by atoms with Crippen LogP contribution >= 0.6 is 11.6 Å². The van der Waals surface area contributed by atoms with Gasteiger partial charge in [0.15, 0.2) is 0 Å². The van der Waals surface area contributed by atoms with Crippen LogP contribution in [0.25, 0.3) is 11.0 Å². The van der Waals surface area contributed by atoms with E-state index < -0.39 is 11.6 Å². The number of piperazine rings is 1. The highest BCUT2D eigenvalue weighted by atomic mass is 35.5. The first-order chi connectivity index (χ1) is 14.8. The maximum atomic E-state index is 12.3. The Hall–Kier alpha value is -2.87. The van der Waals surface area contributed by atoms with Gasteiger partial charge in [0.05, 0.1) is 6.42 Å². The first-order valence-corrected chi connectivity index (χ1v) is 10.6. The van der Waals surface area contributed by atoms with Crippen LogP contribution in [-0.2, 0) is 32.1 Å². The average Bonchev–Trinajstić information content (AvgIpc) is 2.75. The SMILES string of the molecule is CCc1cc2oc(=O)cc(COC(=O)CCC(=O)N3CCN(C(C)=O)CC3)c2cc1Cl. The van der Waals surface area contributed by atoms with Crippen LogP contribution in [0.3, 0.4) is 0 Å². The van der Waals surface area contributed by atoms with Gasteiger partial charge in [-0.3, -0.25) is 14.4 Å². The molecule has 2 aromatic rings. The molecular weight excluding hydrogens is 424 g/mol. The number of nitrogens with zero attached hydrogens (tertiary/aromatic N) is 2. The van der Waals surface area contributed by atoms with Crippen LogP contribution in [0.4, 0.5) is 0 Å². The number of aryl methyl sites for hydroxylation is 1. The van der Waals surface area contributed by atoms with Gasteiger partial charge in [0, 0.05) is 61.6 Å². The fourth-order valence-electron chi connectivity index (χ4n) is 3.55. The Morgan fingerprint density at radius 2 is 1.71 bits per heavy atom. The molecule has 0 saturated carbocycles. The summed E-state index contributed by atoms with van der Waals surface area (Å²) in [5, 5.41) is 1.15. The minimum absolute atomic E-state index is 0.00893. The summed E-state index contributed by atoms with van der Waals surface area (Å²) in [7, 11) is 0. The number of rotatable bonds is 6. The van der Waals surface area contributed by atoms with Crippen molar-refractivity contribution in [1.82, 2.24) is 9.80 Å². The van der Waals surface area contributed by atoms with Crippen molar-refractivity contribution in [3.63, 3.8) is 0 Å². The topological polar surface area (TPSA) is 97.1 Å². The summed E-state index contributed by atoms with van der Waals surface area (Å²) in [6.07, 6.45) is 0.656. The van der Waals surface area contributed by atoms with E-state index in [2.05, 4.69) is 0 Å². The number of carbonyl (C=O) groups is 3. The molecule has 1 fully saturated rings. The van der Waals surface area contributed by atoms with E-state index in [0.29, 0.717) is 54.2 Å². The number of esters is 1. The second-order valence-corrected chi connectivity index (χ2v) is 7.84. The molecule has 31 heavy (non-hydrogen) atoms. The lowest BCUT2D eigenvalue weighted by Gasteiger charge is -2.34. The molecule has 1 aromatic heterocycles. The summed E-state index contributed by atoms with van der Waals surface area (Å²) in [5.41, 5.74) is 1.20. The van der Waals surface area contributed by atoms with Crippen molar-refractivity contribution in [3.8, 4) is 0 Å². The number of ether oxygens (including phenoxy) is 1. The van der Waals surface area contributed by atoms with Crippen LogP contribution in [-0.4, -0.2) is 53.8 Å². The van der Waals surface area contributed by atoms with Gasteiger partial charge in [0.1, 0.15) is 12.2 Å². The van der Waals surface area contributed by atoms with E-state index in [-0.39, 0.29) is 31.3 Å². The molecule has 0 unspecified atom stereocenters. The lowest BCUT2D eigenvalue weighted by Crippen LogP contribution is -2.50. The summed E-state index contributed by atoms with van der Waals surface area (Å²) in [4.78, 5) is 51.0. The van der Waals surface area contributed by atoms with Crippen LogP contribution in [0.1, 0.15) is 37.8 Å². The van der Waals surface area contributed by atoms with Crippen molar-refractivity contribution in [3.05, 3.63) is 44.8 Å². The number of amides is 2. The van der Waals surface area contributed by atoms with Crippen LogP contribution in [0, 0.1) is 0 Å². The molecule has 1 aliphatic heterocycles. The maximum absolute atomic E-state index is 12.3. The predicted molar refractivity (Wildman–Crippen MR) is 115 cm³/mol. The third-order valence-electron chi connectivity index (χ3n) is 5.39. The normalized spacial score (nSPS) is 14.0. The Labute approximate surface area is 184 Å². The van der Waals surface area contributed by atoms with E-state index >= 15 is 0 Å². The molecule has 2 heterocycles. The minimum Gasteiger partial charge on any atom is -0.461 e. The zero-order valence-corrected chi connectivity index (χ0v) is 18.4. The number of fused-ring (bicyclic) bond motifs is 1. The quantitative estimate of drug-likeness (QED) is 0.497. The first-order valence-electron chi connectivity index (χ1n) is 10.2. The van der Waals surface area contributed by atoms with E-state index in [1.807, 2.05) is 6.92 Å². The lowest BCUT2D eigenvalue weighted by atomic mass is 10.1. The van der Waals surface area contributed by atoms with E-state index in [0.717, 1.165) is 5.56 Å². The van der Waals surface area contributed by atoms with E-state index in [1.54, 1.807) is 21.9 Å². The Kier molecular flexibility index (Phi) is 7.33. The molecule has 0 atom stereocenters. The Bertz CT molecular complexity index is 1060. The zero-order chi connectivity index (χ0) is 22.5. The second kappa shape index (κ2) is 9.96. The third kappa shape index (κ3) is 5.64. The third-order valence-corrected chi connectivity index (χ3v) is 5.74. The molecule has 1 aromatic carbocycles. The summed E-state index contributed by atoms with van der Waals surface area (Å²) >= 11 is 6.27. The number of carbonyl (C=O) groups excluding carboxylic acids is 3. The second-order valence-electron chi connectivity index (χ2n) is 7.43. The maximum Gasteiger partial charge on any atom is 0.336 e. The monoisotopic (exact) mass is 448 g/mol. The molecule has 1 aliphatic rings. The minimum atomic E-state index is -0.539. The molecule has 1 saturated heterocycles. The van der Waals surface area contributed by atoms with Gasteiger partial charge in [-0.05, 0) is 24.1 Å². The average molecular weight is 449 g/mol. The van der Waals surface area contributed by atoms with E-state index in [1.165, 1.54) is 13.0 Å². The molecule has 0 bridgehead atoms. The van der Waals surface area contributed by atoms with Gasteiger partial charge in [-0.2, -0.15) is 0 Å². The predicted octanol–water partition coefficient (Wildman–Crippen LogP) is 2.52. The van der Waals surface area contributed by atoms with Gasteiger partial charge in [-0.1, -0.05) is 18.5 Å². The van der Waals surface area contributed by atoms with Gasteiger partial charge in [-0.25, -0.2) is 4.79 Å². The molecular formula is C22H25ClN2O6. The highest BCUT2D eigenvalue weighted by molar-refractivity contribution is 6.32. The molecule has 0 spiro atoms. The van der Waals surface area contributed by atoms with Crippen LogP contribution < -0.4 is 5.63 Å². The lowest BCUT2D eigenvalue weighted by molar-refractivity contribution is -0.147. The molecule has 2 amide bonds. The molecule has 0 radical (unpaired) electrons. The van der Waals surface area contributed by atoms with Crippen molar-refractivity contribution in [1.29, 1.82) is 0 Å². The van der Waals surface area contributed by atoms with E-state index in [4.69, 9.17) is 20.8 Å². The fourth-order valence-corrected chi connectivity index (χ4v) is 3.84. The van der Waals surface area contributed by atoms with Crippen LogP contribution in [0.15, 0.2) is 27.4 Å². The van der Waals surface area contributed by atoms with Gasteiger partial charge in [-0.15, -0.1) is 0 Å². The van der Waals surface area contributed by atoms with Crippen molar-refractivity contribution < 1.29 is 23.5 Å². The van der Waals surface area contributed by atoms with Crippen molar-refractivity contribution in [2.75, 3.05) is 26.2 Å². The number of halogens is 1. The van der Waals surface area contributed by atoms with Gasteiger partial charge in [0.25, 0.3) is 0 Å². The van der Waals surface area contributed by atoms with Gasteiger partial charge < -0.3 is 19.0 Å². The van der Waals surface area contributed by atoms with Crippen LogP contribution in [0.2, 0.25) is 5.02 Å². The fraction of sp³-hybridized carbons (Fsp3) is 0.455. The molecule has 9 heteroatoms. The highest BCUT2D eigenvalue weighted by Crippen LogP contribution is 2.26. The number of hydrogen-bond acceptors (Lipinski definition) is 6. The van der Waals surface area contributed by atoms with E-state index in [9.17, 15) is 19.2 Å². The number of hydrogen-bond donors (Lipinski definition) is 0. The van der Waals surface area contributed by atoms with Gasteiger partial charge >= 0.3 is 11.6 Å². The Morgan fingerprint density at radius 3 is 2.35 bits per heavy atom. The van der Waals surface area contributed by atoms with Crippen molar-refractivity contribution in [2.24, 2.45) is 0 Å². The van der Waals surface area contributed by atoms with Crippen molar-refractivity contribution >= 4 is 40.4 Å². The Balaban J connectivity index is 1.56. The molecule has 166 valence electrons. The zero-order valence-electron chi connectivity index (χ0n) is 17.6. The molecule has 8 nitrogen and oxygen atoms in total. The number of benzene rings is 1. The molecule has 0 N–H and O–H groups in total. The molecule has 0 aliphatic carbocycles. The smallest absolute Gasteiger partial charge is 0.336 e. The standard InChI is InChI=1S/C22H25ClN2O6/c1-3-15-10-19-17(12-18(15)23)16(11-22(29)31-19)13-30-21(28)5-4-20(27)25-8-6-24(7-9-25)14(2)26/h10-12H,3-9,13H2,1-2H3. The highest BCUT2D eigenvalue weighted by Gasteiger charge is 2.23. The summed E-state index contributed by atoms with van der Waals surface area (Å²) in [6.45, 7) is 5.24. The Morgan fingerprint density at radius 1 is 1.03 bits per heavy atom. The summed E-state index contributed by atoms with van der Waals surface area (Å²) in [6, 6.07) is 4.69. The summed E-state index contributed by atoms with van der Waals surface area (Å²) in [5.74, 6) is -0.691. The van der Waals surface area contributed by atoms with Gasteiger partial charge in [0.2, 0.25) is 11.8 Å². The summed E-state index contributed by atoms with van der Waals surface area (Å²) < 4.78 is 10.5. The molecule has 3 rings (SSSR count).